The third-order valence-electron chi connectivity index (χ3n) is 4.33. The van der Waals surface area contributed by atoms with Gasteiger partial charge in [-0.3, -0.25) is 9.59 Å². The smallest absolute Gasteiger partial charge is 0.259 e. The van der Waals surface area contributed by atoms with Gasteiger partial charge in [0.1, 0.15) is 0 Å². The molecule has 0 bridgehead atoms. The van der Waals surface area contributed by atoms with E-state index in [1.165, 1.54) is 6.21 Å². The molecule has 0 fully saturated rings. The van der Waals surface area contributed by atoms with Gasteiger partial charge >= 0.3 is 0 Å². The molecule has 152 valence electrons. The molecular formula is C23H19Cl2N3O2. The van der Waals surface area contributed by atoms with E-state index in [-0.39, 0.29) is 12.5 Å². The van der Waals surface area contributed by atoms with Crippen LogP contribution in [0.5, 0.6) is 0 Å². The third kappa shape index (κ3) is 5.69. The van der Waals surface area contributed by atoms with Crippen molar-refractivity contribution in [1.82, 2.24) is 10.7 Å². The fourth-order valence-electron chi connectivity index (χ4n) is 2.90. The summed E-state index contributed by atoms with van der Waals surface area (Å²) in [6, 6.07) is 23.9. The molecule has 0 saturated heterocycles. The molecule has 0 aliphatic rings. The minimum absolute atomic E-state index is 0.220. The highest BCUT2D eigenvalue weighted by Crippen LogP contribution is 2.24. The van der Waals surface area contributed by atoms with Gasteiger partial charge in [0.05, 0.1) is 28.7 Å². The number of amides is 2. The number of benzene rings is 3. The topological polar surface area (TPSA) is 70.6 Å². The van der Waals surface area contributed by atoms with Crippen LogP contribution in [0.2, 0.25) is 10.0 Å². The summed E-state index contributed by atoms with van der Waals surface area (Å²) in [5, 5.41) is 7.37. The number of nitrogens with zero attached hydrogens (tertiary/aromatic N) is 1. The first-order valence-corrected chi connectivity index (χ1v) is 9.95. The summed E-state index contributed by atoms with van der Waals surface area (Å²) in [6.45, 7) is -0.220. The minimum Gasteiger partial charge on any atom is -0.346 e. The van der Waals surface area contributed by atoms with Gasteiger partial charge in [-0.1, -0.05) is 89.9 Å². The van der Waals surface area contributed by atoms with Gasteiger partial charge in [-0.15, -0.1) is 0 Å². The lowest BCUT2D eigenvalue weighted by Gasteiger charge is -2.17. The summed E-state index contributed by atoms with van der Waals surface area (Å²) in [7, 11) is 0. The number of halogens is 2. The fraction of sp³-hybridized carbons (Fsp3) is 0.0870. The Morgan fingerprint density at radius 3 is 1.90 bits per heavy atom. The molecule has 3 aromatic carbocycles. The summed E-state index contributed by atoms with van der Waals surface area (Å²) in [5.41, 5.74) is 4.54. The van der Waals surface area contributed by atoms with Gasteiger partial charge in [0.25, 0.3) is 5.91 Å². The molecule has 2 N–H and O–H groups in total. The highest BCUT2D eigenvalue weighted by atomic mass is 35.5. The molecule has 7 heteroatoms. The second-order valence-electron chi connectivity index (χ2n) is 6.40. The lowest BCUT2D eigenvalue weighted by Crippen LogP contribution is -2.37. The van der Waals surface area contributed by atoms with E-state index < -0.39 is 11.8 Å². The Labute approximate surface area is 184 Å². The number of hydrogen-bond acceptors (Lipinski definition) is 3. The maximum absolute atomic E-state index is 12.9. The molecule has 0 atom stereocenters. The molecule has 0 radical (unpaired) electrons. The van der Waals surface area contributed by atoms with Crippen LogP contribution < -0.4 is 10.7 Å². The number of hydrogen-bond donors (Lipinski definition) is 2. The maximum atomic E-state index is 12.9. The average molecular weight is 440 g/mol. The number of rotatable bonds is 7. The second kappa shape index (κ2) is 10.6. The molecule has 3 rings (SSSR count). The van der Waals surface area contributed by atoms with E-state index >= 15 is 0 Å². The van der Waals surface area contributed by atoms with E-state index in [1.807, 2.05) is 60.7 Å². The molecule has 0 heterocycles. The van der Waals surface area contributed by atoms with E-state index in [2.05, 4.69) is 15.8 Å². The number of nitrogens with one attached hydrogen (secondary N) is 2. The first-order chi connectivity index (χ1) is 14.6. The van der Waals surface area contributed by atoms with Crippen molar-refractivity contribution in [2.24, 2.45) is 5.10 Å². The number of carbonyl (C=O) groups excluding carboxylic acids is 2. The van der Waals surface area contributed by atoms with E-state index in [9.17, 15) is 9.59 Å². The van der Waals surface area contributed by atoms with Crippen molar-refractivity contribution in [2.75, 3.05) is 6.54 Å². The van der Waals surface area contributed by atoms with Crippen LogP contribution in [0.1, 0.15) is 22.6 Å². The van der Waals surface area contributed by atoms with E-state index in [1.54, 1.807) is 18.2 Å². The molecule has 0 unspecified atom stereocenters. The second-order valence-corrected chi connectivity index (χ2v) is 7.22. The molecule has 0 saturated carbocycles. The van der Waals surface area contributed by atoms with Crippen LogP contribution in [-0.2, 0) is 9.59 Å². The SMILES string of the molecule is O=C(CNC(=O)C(c1ccccc1)c1ccccc1)N/N=C/c1c(Cl)cccc1Cl. The van der Waals surface area contributed by atoms with Crippen LogP contribution in [0.25, 0.3) is 0 Å². The van der Waals surface area contributed by atoms with E-state index in [4.69, 9.17) is 23.2 Å². The van der Waals surface area contributed by atoms with Crippen molar-refractivity contribution >= 4 is 41.2 Å². The van der Waals surface area contributed by atoms with Crippen molar-refractivity contribution in [3.8, 4) is 0 Å². The van der Waals surface area contributed by atoms with E-state index in [0.717, 1.165) is 11.1 Å². The fourth-order valence-corrected chi connectivity index (χ4v) is 3.39. The average Bonchev–Trinajstić information content (AvgIpc) is 2.76. The molecule has 0 spiro atoms. The van der Waals surface area contributed by atoms with Crippen molar-refractivity contribution in [3.05, 3.63) is 106 Å². The van der Waals surface area contributed by atoms with Gasteiger partial charge in [-0.25, -0.2) is 5.43 Å². The first-order valence-electron chi connectivity index (χ1n) is 9.20. The standard InChI is InChI=1S/C23H19Cl2N3O2/c24-19-12-7-13-20(25)18(19)14-27-28-21(29)15-26-23(30)22(16-8-3-1-4-9-16)17-10-5-2-6-11-17/h1-14,22H,15H2,(H,26,30)(H,28,29)/b27-14+. The predicted molar refractivity (Wildman–Crippen MR) is 120 cm³/mol. The molecular weight excluding hydrogens is 421 g/mol. The normalized spacial score (nSPS) is 10.9. The Bertz CT molecular complexity index is 981. The zero-order valence-corrected chi connectivity index (χ0v) is 17.4. The Morgan fingerprint density at radius 2 is 1.37 bits per heavy atom. The highest BCUT2D eigenvalue weighted by Gasteiger charge is 2.22. The molecule has 5 nitrogen and oxygen atoms in total. The first kappa shape index (κ1) is 21.6. The number of carbonyl (C=O) groups is 2. The monoisotopic (exact) mass is 439 g/mol. The van der Waals surface area contributed by atoms with Gasteiger partial charge in [0.2, 0.25) is 5.91 Å². The molecule has 3 aromatic rings. The van der Waals surface area contributed by atoms with Crippen molar-refractivity contribution in [1.29, 1.82) is 0 Å². The molecule has 2 amide bonds. The molecule has 30 heavy (non-hydrogen) atoms. The van der Waals surface area contributed by atoms with Crippen molar-refractivity contribution in [2.45, 2.75) is 5.92 Å². The quantitative estimate of drug-likeness (QED) is 0.423. The number of hydrazone groups is 1. The van der Waals surface area contributed by atoms with Gasteiger partial charge in [-0.05, 0) is 23.3 Å². The maximum Gasteiger partial charge on any atom is 0.259 e. The van der Waals surface area contributed by atoms with Gasteiger partial charge < -0.3 is 5.32 Å². The Balaban J connectivity index is 1.63. The van der Waals surface area contributed by atoms with Gasteiger partial charge in [0.15, 0.2) is 0 Å². The van der Waals surface area contributed by atoms with Crippen LogP contribution in [0.4, 0.5) is 0 Å². The summed E-state index contributed by atoms with van der Waals surface area (Å²) in [6.07, 6.45) is 1.36. The van der Waals surface area contributed by atoms with Crippen LogP contribution in [0.15, 0.2) is 84.0 Å². The summed E-state index contributed by atoms with van der Waals surface area (Å²) in [4.78, 5) is 25.0. The third-order valence-corrected chi connectivity index (χ3v) is 4.99. The Morgan fingerprint density at radius 1 is 0.833 bits per heavy atom. The predicted octanol–water partition coefficient (Wildman–Crippen LogP) is 4.39. The van der Waals surface area contributed by atoms with Crippen molar-refractivity contribution in [3.63, 3.8) is 0 Å². The summed E-state index contributed by atoms with van der Waals surface area (Å²) < 4.78 is 0. The van der Waals surface area contributed by atoms with Gasteiger partial charge in [0, 0.05) is 5.56 Å². The van der Waals surface area contributed by atoms with E-state index in [0.29, 0.717) is 15.6 Å². The zero-order chi connectivity index (χ0) is 21.3. The van der Waals surface area contributed by atoms with Crippen LogP contribution >= 0.6 is 23.2 Å². The van der Waals surface area contributed by atoms with Crippen LogP contribution in [0, 0.1) is 0 Å². The lowest BCUT2D eigenvalue weighted by atomic mass is 9.90. The molecule has 0 aliphatic carbocycles. The molecule has 0 aromatic heterocycles. The van der Waals surface area contributed by atoms with Gasteiger partial charge in [-0.2, -0.15) is 5.10 Å². The van der Waals surface area contributed by atoms with Crippen molar-refractivity contribution < 1.29 is 9.59 Å². The summed E-state index contributed by atoms with van der Waals surface area (Å²) >= 11 is 12.1. The molecule has 0 aliphatic heterocycles. The summed E-state index contributed by atoms with van der Waals surface area (Å²) in [5.74, 6) is -1.27. The van der Waals surface area contributed by atoms with Crippen LogP contribution in [0.3, 0.4) is 0 Å². The Kier molecular flexibility index (Phi) is 7.60. The van der Waals surface area contributed by atoms with Crippen LogP contribution in [-0.4, -0.2) is 24.6 Å². The zero-order valence-electron chi connectivity index (χ0n) is 15.9. The lowest BCUT2D eigenvalue weighted by molar-refractivity contribution is -0.126. The largest absolute Gasteiger partial charge is 0.346 e. The minimum atomic E-state index is -0.523. The highest BCUT2D eigenvalue weighted by molar-refractivity contribution is 6.38. The Hall–Kier alpha value is -3.15.